The van der Waals surface area contributed by atoms with Crippen LogP contribution in [-0.4, -0.2) is 55.2 Å². The van der Waals surface area contributed by atoms with Gasteiger partial charge in [-0.1, -0.05) is 12.1 Å². The van der Waals surface area contributed by atoms with Crippen LogP contribution in [0.3, 0.4) is 0 Å². The number of fused-ring (bicyclic) bond motifs is 1. The molecule has 0 saturated carbocycles. The monoisotopic (exact) mass is 486 g/mol. The number of thioether (sulfide) groups is 1. The summed E-state index contributed by atoms with van der Waals surface area (Å²) in [4.78, 5) is 19.0. The summed E-state index contributed by atoms with van der Waals surface area (Å²) in [6, 6.07) is 12.0. The smallest absolute Gasteiger partial charge is 0.280 e. The SMILES string of the molecule is CSc1ccc(-c2nc3ccc(F)cc3c(=O)n2NCCCNCCCCNCCCN)cc1. The summed E-state index contributed by atoms with van der Waals surface area (Å²) < 4.78 is 15.2. The van der Waals surface area contributed by atoms with Crippen molar-refractivity contribution in [2.45, 2.75) is 30.6 Å². The molecule has 0 unspecified atom stereocenters. The molecular formula is C25H35FN6OS. The van der Waals surface area contributed by atoms with Gasteiger partial charge in [0.25, 0.3) is 5.56 Å². The highest BCUT2D eigenvalue weighted by atomic mass is 32.2. The summed E-state index contributed by atoms with van der Waals surface area (Å²) in [5.41, 5.74) is 9.69. The third-order valence-corrected chi connectivity index (χ3v) is 6.24. The second-order valence-electron chi connectivity index (χ2n) is 8.08. The molecule has 5 N–H and O–H groups in total. The Morgan fingerprint density at radius 1 is 0.941 bits per heavy atom. The predicted octanol–water partition coefficient (Wildman–Crippen LogP) is 3.17. The minimum absolute atomic E-state index is 0.259. The van der Waals surface area contributed by atoms with Crippen LogP contribution < -0.4 is 27.4 Å². The van der Waals surface area contributed by atoms with Crippen LogP contribution in [0.4, 0.5) is 4.39 Å². The zero-order valence-electron chi connectivity index (χ0n) is 19.8. The van der Waals surface area contributed by atoms with E-state index in [4.69, 9.17) is 5.73 Å². The number of hydrogen-bond acceptors (Lipinski definition) is 7. The summed E-state index contributed by atoms with van der Waals surface area (Å²) in [6.45, 7) is 5.12. The number of benzene rings is 2. The molecule has 34 heavy (non-hydrogen) atoms. The minimum atomic E-state index is -0.450. The van der Waals surface area contributed by atoms with E-state index in [1.807, 2.05) is 30.5 Å². The highest BCUT2D eigenvalue weighted by Gasteiger charge is 2.13. The maximum absolute atomic E-state index is 13.8. The van der Waals surface area contributed by atoms with E-state index >= 15 is 0 Å². The molecule has 7 nitrogen and oxygen atoms in total. The van der Waals surface area contributed by atoms with Gasteiger partial charge >= 0.3 is 0 Å². The average Bonchev–Trinajstić information content (AvgIpc) is 2.86. The zero-order valence-corrected chi connectivity index (χ0v) is 20.6. The van der Waals surface area contributed by atoms with Gasteiger partial charge in [0.1, 0.15) is 5.82 Å². The van der Waals surface area contributed by atoms with E-state index in [0.29, 0.717) is 17.9 Å². The molecular weight excluding hydrogens is 451 g/mol. The Morgan fingerprint density at radius 3 is 2.29 bits per heavy atom. The number of nitrogens with one attached hydrogen (secondary N) is 3. The van der Waals surface area contributed by atoms with Gasteiger partial charge in [-0.25, -0.2) is 14.1 Å². The molecule has 0 spiro atoms. The van der Waals surface area contributed by atoms with Crippen molar-refractivity contribution in [3.8, 4) is 11.4 Å². The van der Waals surface area contributed by atoms with Crippen molar-refractivity contribution in [1.29, 1.82) is 0 Å². The molecule has 3 rings (SSSR count). The first-order valence-corrected chi connectivity index (χ1v) is 13.1. The second kappa shape index (κ2) is 14.1. The van der Waals surface area contributed by atoms with Crippen molar-refractivity contribution < 1.29 is 4.39 Å². The quantitative estimate of drug-likeness (QED) is 0.194. The van der Waals surface area contributed by atoms with Gasteiger partial charge in [0.2, 0.25) is 0 Å². The molecule has 0 atom stereocenters. The van der Waals surface area contributed by atoms with E-state index in [-0.39, 0.29) is 10.9 Å². The van der Waals surface area contributed by atoms with Gasteiger partial charge in [0.15, 0.2) is 5.82 Å². The van der Waals surface area contributed by atoms with Crippen LogP contribution in [0.2, 0.25) is 0 Å². The Bertz CT molecular complexity index is 1090. The van der Waals surface area contributed by atoms with Crippen LogP contribution in [0.25, 0.3) is 22.3 Å². The van der Waals surface area contributed by atoms with E-state index in [1.165, 1.54) is 16.8 Å². The number of hydrogen-bond donors (Lipinski definition) is 4. The van der Waals surface area contributed by atoms with Crippen molar-refractivity contribution in [2.24, 2.45) is 5.73 Å². The maximum Gasteiger partial charge on any atom is 0.280 e. The van der Waals surface area contributed by atoms with Crippen molar-refractivity contribution in [1.82, 2.24) is 20.3 Å². The molecule has 0 bridgehead atoms. The molecule has 184 valence electrons. The highest BCUT2D eigenvalue weighted by Crippen LogP contribution is 2.22. The average molecular weight is 487 g/mol. The third-order valence-electron chi connectivity index (χ3n) is 5.49. The largest absolute Gasteiger partial charge is 0.330 e. The summed E-state index contributed by atoms with van der Waals surface area (Å²) in [5.74, 6) is 0.0701. The van der Waals surface area contributed by atoms with E-state index in [9.17, 15) is 9.18 Å². The van der Waals surface area contributed by atoms with Crippen molar-refractivity contribution in [3.05, 3.63) is 58.6 Å². The van der Waals surface area contributed by atoms with Gasteiger partial charge in [-0.05, 0) is 95.0 Å². The number of halogens is 1. The number of nitrogens with two attached hydrogens (primary N) is 1. The lowest BCUT2D eigenvalue weighted by Gasteiger charge is -2.16. The first-order valence-electron chi connectivity index (χ1n) is 11.9. The number of aromatic nitrogens is 2. The molecule has 0 radical (unpaired) electrons. The Hall–Kier alpha value is -2.46. The molecule has 0 aliphatic rings. The Labute approximate surface area is 204 Å². The molecule has 1 heterocycles. The summed E-state index contributed by atoms with van der Waals surface area (Å²) >= 11 is 1.65. The van der Waals surface area contributed by atoms with Crippen molar-refractivity contribution in [3.63, 3.8) is 0 Å². The van der Waals surface area contributed by atoms with Crippen LogP contribution in [0.1, 0.15) is 25.7 Å². The summed E-state index contributed by atoms with van der Waals surface area (Å²) in [6.07, 6.45) is 6.11. The lowest BCUT2D eigenvalue weighted by Crippen LogP contribution is -2.33. The maximum atomic E-state index is 13.8. The van der Waals surface area contributed by atoms with Crippen LogP contribution in [-0.2, 0) is 0 Å². The zero-order chi connectivity index (χ0) is 24.2. The molecule has 9 heteroatoms. The van der Waals surface area contributed by atoms with E-state index < -0.39 is 5.82 Å². The Kier molecular flexibility index (Phi) is 10.8. The lowest BCUT2D eigenvalue weighted by molar-refractivity contribution is 0.569. The molecule has 2 aromatic carbocycles. The third kappa shape index (κ3) is 7.53. The number of unbranched alkanes of at least 4 members (excludes halogenated alkanes) is 1. The standard InChI is InChI=1S/C25H35FN6OS/c1-34-21-9-6-19(7-10-21)24-31-23-11-8-20(26)18-22(23)25(33)32(24)30-17-5-16-29-14-3-2-13-28-15-4-12-27/h6-11,18,28-30H,2-5,12-17,27H2,1H3. The van der Waals surface area contributed by atoms with E-state index in [2.05, 4.69) is 21.0 Å². The van der Waals surface area contributed by atoms with Gasteiger partial charge in [-0.3, -0.25) is 4.79 Å². The van der Waals surface area contributed by atoms with E-state index in [1.54, 1.807) is 17.8 Å². The fourth-order valence-corrected chi connectivity index (χ4v) is 4.03. The number of nitrogens with zero attached hydrogens (tertiary/aromatic N) is 2. The summed E-state index contributed by atoms with van der Waals surface area (Å²) in [5, 5.41) is 7.08. The highest BCUT2D eigenvalue weighted by molar-refractivity contribution is 7.98. The number of rotatable bonds is 15. The van der Waals surface area contributed by atoms with Gasteiger partial charge in [-0.15, -0.1) is 11.8 Å². The van der Waals surface area contributed by atoms with Crippen LogP contribution in [0.5, 0.6) is 0 Å². The van der Waals surface area contributed by atoms with Gasteiger partial charge < -0.3 is 21.8 Å². The van der Waals surface area contributed by atoms with Crippen molar-refractivity contribution >= 4 is 22.7 Å². The van der Waals surface area contributed by atoms with Gasteiger partial charge in [0, 0.05) is 17.0 Å². The topological polar surface area (TPSA) is 97.0 Å². The Morgan fingerprint density at radius 2 is 1.62 bits per heavy atom. The lowest BCUT2D eigenvalue weighted by atomic mass is 10.2. The fraction of sp³-hybridized carbons (Fsp3) is 0.440. The predicted molar refractivity (Wildman–Crippen MR) is 141 cm³/mol. The molecule has 0 fully saturated rings. The Balaban J connectivity index is 1.59. The van der Waals surface area contributed by atoms with Gasteiger partial charge in [-0.2, -0.15) is 0 Å². The summed E-state index contributed by atoms with van der Waals surface area (Å²) in [7, 11) is 0. The normalized spacial score (nSPS) is 11.3. The first-order chi connectivity index (χ1) is 16.6. The molecule has 0 aliphatic heterocycles. The van der Waals surface area contributed by atoms with Crippen LogP contribution in [0, 0.1) is 5.82 Å². The molecule has 1 aromatic heterocycles. The molecule has 0 saturated heterocycles. The molecule has 0 amide bonds. The fourth-order valence-electron chi connectivity index (χ4n) is 3.62. The molecule has 3 aromatic rings. The van der Waals surface area contributed by atoms with E-state index in [0.717, 1.165) is 68.9 Å². The first kappa shape index (κ1) is 26.2. The van der Waals surface area contributed by atoms with Gasteiger partial charge in [0.05, 0.1) is 10.9 Å². The second-order valence-corrected chi connectivity index (χ2v) is 8.96. The van der Waals surface area contributed by atoms with Crippen LogP contribution in [0.15, 0.2) is 52.2 Å². The van der Waals surface area contributed by atoms with Crippen LogP contribution >= 0.6 is 11.8 Å². The minimum Gasteiger partial charge on any atom is -0.330 e. The van der Waals surface area contributed by atoms with Crippen molar-refractivity contribution in [2.75, 3.05) is 51.0 Å². The molecule has 0 aliphatic carbocycles.